The van der Waals surface area contributed by atoms with E-state index in [0.29, 0.717) is 17.0 Å². The number of rotatable bonds is 5. The summed E-state index contributed by atoms with van der Waals surface area (Å²) in [6, 6.07) is 8.44. The molecule has 2 N–H and O–H groups in total. The average Bonchev–Trinajstić information content (AvgIpc) is 2.99. The number of nitro groups is 1. The van der Waals surface area contributed by atoms with Crippen LogP contribution in [0.5, 0.6) is 17.4 Å². The Bertz CT molecular complexity index is 1070. The van der Waals surface area contributed by atoms with Gasteiger partial charge in [0.25, 0.3) is 11.6 Å². The van der Waals surface area contributed by atoms with Crippen molar-refractivity contribution >= 4 is 28.2 Å². The van der Waals surface area contributed by atoms with Gasteiger partial charge in [0.2, 0.25) is 5.88 Å². The number of aromatic amines is 1. The number of nitrogens with zero attached hydrogens (tertiary/aromatic N) is 3. The molecule has 0 bridgehead atoms. The van der Waals surface area contributed by atoms with E-state index in [0.717, 1.165) is 0 Å². The van der Waals surface area contributed by atoms with E-state index in [9.17, 15) is 20.0 Å². The van der Waals surface area contributed by atoms with Gasteiger partial charge in [0.1, 0.15) is 0 Å². The van der Waals surface area contributed by atoms with Gasteiger partial charge in [-0.2, -0.15) is 0 Å². The summed E-state index contributed by atoms with van der Waals surface area (Å²) in [7, 11) is 2.91. The monoisotopic (exact) mass is 370 g/mol. The molecule has 10 nitrogen and oxygen atoms in total. The Balaban J connectivity index is 1.96. The first-order valence-corrected chi connectivity index (χ1v) is 7.61. The molecular weight excluding hydrogens is 356 g/mol. The van der Waals surface area contributed by atoms with Crippen molar-refractivity contribution in [1.82, 2.24) is 4.98 Å². The number of fused-ring (bicyclic) bond motifs is 1. The SMILES string of the molecule is COc1ccc(C(=O)N=Nc2c(O)[nH]c3ccc([N+](=O)[O-])cc23)cc1OC. The zero-order valence-electron chi connectivity index (χ0n) is 14.3. The van der Waals surface area contributed by atoms with Crippen molar-refractivity contribution in [1.29, 1.82) is 0 Å². The molecule has 0 aliphatic heterocycles. The van der Waals surface area contributed by atoms with E-state index in [1.165, 1.54) is 44.6 Å². The lowest BCUT2D eigenvalue weighted by atomic mass is 10.2. The molecule has 0 saturated heterocycles. The fourth-order valence-corrected chi connectivity index (χ4v) is 2.49. The molecule has 10 heteroatoms. The number of nitrogens with one attached hydrogen (secondary N) is 1. The quantitative estimate of drug-likeness (QED) is 0.398. The van der Waals surface area contributed by atoms with E-state index < -0.39 is 10.8 Å². The highest BCUT2D eigenvalue weighted by Gasteiger charge is 2.16. The number of non-ortho nitro benzene ring substituents is 1. The van der Waals surface area contributed by atoms with Crippen molar-refractivity contribution < 1.29 is 24.3 Å². The highest BCUT2D eigenvalue weighted by molar-refractivity contribution is 5.98. The van der Waals surface area contributed by atoms with Crippen LogP contribution in [0.2, 0.25) is 0 Å². The van der Waals surface area contributed by atoms with Gasteiger partial charge in [0.05, 0.1) is 24.7 Å². The number of ether oxygens (including phenoxy) is 2. The summed E-state index contributed by atoms with van der Waals surface area (Å²) in [6.45, 7) is 0. The standard InChI is InChI=1S/C17H14N4O6/c1-26-13-6-3-9(7-14(13)27-2)16(22)20-19-15-11-8-10(21(24)25)4-5-12(11)18-17(15)23/h3-8,18,23H,1-2H3. The molecular formula is C17H14N4O6. The fourth-order valence-electron chi connectivity index (χ4n) is 2.49. The van der Waals surface area contributed by atoms with Crippen molar-refractivity contribution in [2.24, 2.45) is 10.2 Å². The van der Waals surface area contributed by atoms with E-state index in [1.807, 2.05) is 0 Å². The molecule has 3 rings (SSSR count). The predicted molar refractivity (Wildman–Crippen MR) is 95.0 cm³/mol. The molecule has 138 valence electrons. The van der Waals surface area contributed by atoms with E-state index in [-0.39, 0.29) is 28.2 Å². The van der Waals surface area contributed by atoms with E-state index >= 15 is 0 Å². The molecule has 2 aromatic carbocycles. The van der Waals surface area contributed by atoms with Crippen molar-refractivity contribution in [3.05, 3.63) is 52.1 Å². The normalized spacial score (nSPS) is 11.0. The number of methoxy groups -OCH3 is 2. The summed E-state index contributed by atoms with van der Waals surface area (Å²) >= 11 is 0. The molecule has 1 heterocycles. The van der Waals surface area contributed by atoms with Crippen LogP contribution in [0, 0.1) is 10.1 Å². The number of azo groups is 1. The van der Waals surface area contributed by atoms with Gasteiger partial charge in [-0.15, -0.1) is 10.2 Å². The number of hydrogen-bond acceptors (Lipinski definition) is 7. The van der Waals surface area contributed by atoms with Crippen molar-refractivity contribution in [2.45, 2.75) is 0 Å². The van der Waals surface area contributed by atoms with Crippen molar-refractivity contribution in [2.75, 3.05) is 14.2 Å². The third kappa shape index (κ3) is 3.40. The van der Waals surface area contributed by atoms with Crippen LogP contribution >= 0.6 is 0 Å². The molecule has 0 spiro atoms. The summed E-state index contributed by atoms with van der Waals surface area (Å²) in [5, 5.41) is 28.5. The minimum absolute atomic E-state index is 0.0671. The van der Waals surface area contributed by atoms with Gasteiger partial charge in [-0.25, -0.2) is 0 Å². The summed E-state index contributed by atoms with van der Waals surface area (Å²) in [5.41, 5.74) is 0.374. The first-order chi connectivity index (χ1) is 12.9. The van der Waals surface area contributed by atoms with E-state index in [1.54, 1.807) is 6.07 Å². The largest absolute Gasteiger partial charge is 0.493 e. The minimum atomic E-state index is -0.685. The maximum absolute atomic E-state index is 12.3. The number of benzene rings is 2. The Morgan fingerprint density at radius 3 is 2.56 bits per heavy atom. The molecule has 27 heavy (non-hydrogen) atoms. The first-order valence-electron chi connectivity index (χ1n) is 7.61. The maximum atomic E-state index is 12.3. The van der Waals surface area contributed by atoms with Crippen LogP contribution < -0.4 is 9.47 Å². The van der Waals surface area contributed by atoms with Crippen LogP contribution in [0.1, 0.15) is 10.4 Å². The highest BCUT2D eigenvalue weighted by atomic mass is 16.6. The lowest BCUT2D eigenvalue weighted by Gasteiger charge is -2.07. The van der Waals surface area contributed by atoms with Crippen LogP contribution in [-0.4, -0.2) is 35.1 Å². The summed E-state index contributed by atoms with van der Waals surface area (Å²) in [4.78, 5) is 25.3. The molecule has 0 radical (unpaired) electrons. The Labute approximate surface area is 152 Å². The van der Waals surface area contributed by atoms with Crippen LogP contribution in [0.4, 0.5) is 11.4 Å². The summed E-state index contributed by atoms with van der Waals surface area (Å²) in [6.07, 6.45) is 0. The molecule has 0 atom stereocenters. The Morgan fingerprint density at radius 1 is 1.15 bits per heavy atom. The molecule has 0 aliphatic carbocycles. The topological polar surface area (TPSA) is 139 Å². The van der Waals surface area contributed by atoms with Gasteiger partial charge in [-0.05, 0) is 24.3 Å². The Hall–Kier alpha value is -3.95. The molecule has 0 saturated carbocycles. The van der Waals surface area contributed by atoms with Gasteiger partial charge in [0.15, 0.2) is 17.2 Å². The lowest BCUT2D eigenvalue weighted by molar-refractivity contribution is -0.384. The maximum Gasteiger partial charge on any atom is 0.295 e. The Morgan fingerprint density at radius 2 is 1.89 bits per heavy atom. The second-order valence-corrected chi connectivity index (χ2v) is 5.38. The summed E-state index contributed by atoms with van der Waals surface area (Å²) in [5.74, 6) is -0.235. The number of nitro benzene ring substituents is 1. The number of hydrogen-bond donors (Lipinski definition) is 2. The molecule has 0 aliphatic rings. The molecule has 1 aromatic heterocycles. The number of amides is 1. The molecule has 0 unspecified atom stereocenters. The predicted octanol–water partition coefficient (Wildman–Crippen LogP) is 3.72. The van der Waals surface area contributed by atoms with Gasteiger partial charge in [-0.1, -0.05) is 0 Å². The Kier molecular flexibility index (Phi) is 4.71. The number of H-pyrrole nitrogens is 1. The van der Waals surface area contributed by atoms with Crippen molar-refractivity contribution in [3.8, 4) is 17.4 Å². The molecule has 0 fully saturated rings. The van der Waals surface area contributed by atoms with E-state index in [4.69, 9.17) is 9.47 Å². The number of carbonyl (C=O) groups excluding carboxylic acids is 1. The second kappa shape index (κ2) is 7.12. The van der Waals surface area contributed by atoms with Crippen LogP contribution in [0.25, 0.3) is 10.9 Å². The average molecular weight is 370 g/mol. The fraction of sp³-hybridized carbons (Fsp3) is 0.118. The van der Waals surface area contributed by atoms with Gasteiger partial charge in [0, 0.05) is 23.1 Å². The second-order valence-electron chi connectivity index (χ2n) is 5.38. The van der Waals surface area contributed by atoms with Crippen molar-refractivity contribution in [3.63, 3.8) is 0 Å². The van der Waals surface area contributed by atoms with Crippen LogP contribution in [-0.2, 0) is 0 Å². The third-order valence-corrected chi connectivity index (χ3v) is 3.82. The molecule has 1 amide bonds. The number of carbonyl (C=O) groups is 1. The zero-order chi connectivity index (χ0) is 19.6. The number of aromatic hydroxyl groups is 1. The lowest BCUT2D eigenvalue weighted by Crippen LogP contribution is -1.97. The van der Waals surface area contributed by atoms with Gasteiger partial charge in [-0.3, -0.25) is 14.9 Å². The third-order valence-electron chi connectivity index (χ3n) is 3.82. The van der Waals surface area contributed by atoms with Crippen LogP contribution in [0.3, 0.4) is 0 Å². The highest BCUT2D eigenvalue weighted by Crippen LogP contribution is 2.37. The molecule has 3 aromatic rings. The summed E-state index contributed by atoms with van der Waals surface area (Å²) < 4.78 is 10.2. The smallest absolute Gasteiger partial charge is 0.295 e. The zero-order valence-corrected chi connectivity index (χ0v) is 14.3. The van der Waals surface area contributed by atoms with Gasteiger partial charge >= 0.3 is 0 Å². The first kappa shape index (κ1) is 17.9. The minimum Gasteiger partial charge on any atom is -0.493 e. The van der Waals surface area contributed by atoms with Gasteiger partial charge < -0.3 is 19.6 Å². The van der Waals surface area contributed by atoms with Crippen LogP contribution in [0.15, 0.2) is 46.6 Å². The number of aromatic nitrogens is 1. The van der Waals surface area contributed by atoms with E-state index in [2.05, 4.69) is 15.2 Å².